The predicted molar refractivity (Wildman–Crippen MR) is 95.2 cm³/mol. The highest BCUT2D eigenvalue weighted by Gasteiger charge is 2.45. The summed E-state index contributed by atoms with van der Waals surface area (Å²) in [6.07, 6.45) is 4.17. The number of nitrogens with zero attached hydrogens (tertiary/aromatic N) is 1. The topological polar surface area (TPSA) is 86.7 Å². The molecule has 1 atom stereocenters. The molecular formula is C18H26N2O4S. The maximum Gasteiger partial charge on any atom is 0.223 e. The molecule has 1 aromatic carbocycles. The lowest BCUT2D eigenvalue weighted by molar-refractivity contribution is -0.127. The third-order valence-electron chi connectivity index (χ3n) is 5.35. The summed E-state index contributed by atoms with van der Waals surface area (Å²) in [5, 5.41) is 14.0. The number of aliphatic hydroxyl groups is 1. The number of sulfonamides is 1. The predicted octanol–water partition coefficient (Wildman–Crippen LogP) is 1.07. The molecule has 1 saturated carbocycles. The van der Waals surface area contributed by atoms with Crippen molar-refractivity contribution >= 4 is 15.9 Å². The summed E-state index contributed by atoms with van der Waals surface area (Å²) in [6, 6.07) is 9.49. The van der Waals surface area contributed by atoms with Crippen LogP contribution in [-0.4, -0.2) is 49.6 Å². The van der Waals surface area contributed by atoms with Crippen molar-refractivity contribution < 1.29 is 18.3 Å². The third-order valence-corrected chi connectivity index (χ3v) is 6.66. The van der Waals surface area contributed by atoms with Gasteiger partial charge in [-0.15, -0.1) is 0 Å². The van der Waals surface area contributed by atoms with Gasteiger partial charge in [0.1, 0.15) is 5.60 Å². The number of nitrogens with one attached hydrogen (secondary N) is 1. The van der Waals surface area contributed by atoms with Crippen molar-refractivity contribution in [2.24, 2.45) is 11.8 Å². The first kappa shape index (κ1) is 18.4. The SMILES string of the molecule is CS(=O)(=O)N1CCC(C(=O)NC[C@@](O)(c2ccccc2)C2CC2)CC1. The molecule has 6 nitrogen and oxygen atoms in total. The van der Waals surface area contributed by atoms with Gasteiger partial charge in [-0.2, -0.15) is 0 Å². The summed E-state index contributed by atoms with van der Waals surface area (Å²) in [4.78, 5) is 12.5. The van der Waals surface area contributed by atoms with E-state index in [9.17, 15) is 18.3 Å². The van der Waals surface area contributed by atoms with E-state index in [0.717, 1.165) is 18.4 Å². The molecule has 0 spiro atoms. The van der Waals surface area contributed by atoms with E-state index in [-0.39, 0.29) is 24.3 Å². The van der Waals surface area contributed by atoms with Crippen LogP contribution in [0.4, 0.5) is 0 Å². The Morgan fingerprint density at radius 1 is 1.20 bits per heavy atom. The first-order chi connectivity index (χ1) is 11.8. The molecule has 1 aliphatic heterocycles. The Morgan fingerprint density at radius 2 is 1.80 bits per heavy atom. The van der Waals surface area contributed by atoms with Crippen molar-refractivity contribution in [1.82, 2.24) is 9.62 Å². The van der Waals surface area contributed by atoms with Crippen LogP contribution >= 0.6 is 0 Å². The summed E-state index contributed by atoms with van der Waals surface area (Å²) in [6.45, 7) is 0.956. The summed E-state index contributed by atoms with van der Waals surface area (Å²) < 4.78 is 24.5. The number of carbonyl (C=O) groups is 1. The standard InChI is InChI=1S/C18H26N2O4S/c1-25(23,24)20-11-9-14(10-12-20)17(21)19-13-18(22,16-7-8-16)15-5-3-2-4-6-15/h2-6,14,16,22H,7-13H2,1H3,(H,19,21)/t18-/m1/s1. The fourth-order valence-corrected chi connectivity index (χ4v) is 4.46. The minimum atomic E-state index is -3.19. The molecule has 1 saturated heterocycles. The second-order valence-electron chi connectivity index (χ2n) is 7.22. The van der Waals surface area contributed by atoms with Crippen LogP contribution < -0.4 is 5.32 Å². The van der Waals surface area contributed by atoms with Gasteiger partial charge < -0.3 is 10.4 Å². The fourth-order valence-electron chi connectivity index (χ4n) is 3.59. The van der Waals surface area contributed by atoms with Crippen molar-refractivity contribution in [3.05, 3.63) is 35.9 Å². The lowest BCUT2D eigenvalue weighted by Crippen LogP contribution is -2.47. The summed E-state index contributed by atoms with van der Waals surface area (Å²) in [7, 11) is -3.19. The van der Waals surface area contributed by atoms with Gasteiger partial charge >= 0.3 is 0 Å². The number of benzene rings is 1. The Hall–Kier alpha value is -1.44. The zero-order valence-electron chi connectivity index (χ0n) is 14.5. The molecule has 7 heteroatoms. The number of hydrogen-bond acceptors (Lipinski definition) is 4. The Kier molecular flexibility index (Phi) is 5.18. The van der Waals surface area contributed by atoms with Gasteiger partial charge in [0.15, 0.2) is 0 Å². The number of piperidine rings is 1. The molecule has 2 N–H and O–H groups in total. The van der Waals surface area contributed by atoms with Gasteiger partial charge in [0.25, 0.3) is 0 Å². The van der Waals surface area contributed by atoms with Crippen LogP contribution in [0.2, 0.25) is 0 Å². The van der Waals surface area contributed by atoms with Crippen molar-refractivity contribution in [1.29, 1.82) is 0 Å². The van der Waals surface area contributed by atoms with Gasteiger partial charge in [-0.25, -0.2) is 12.7 Å². The first-order valence-corrected chi connectivity index (χ1v) is 10.7. The molecule has 1 amide bonds. The van der Waals surface area contributed by atoms with Gasteiger partial charge in [-0.1, -0.05) is 30.3 Å². The number of amides is 1. The monoisotopic (exact) mass is 366 g/mol. The second kappa shape index (κ2) is 7.05. The molecular weight excluding hydrogens is 340 g/mol. The molecule has 2 fully saturated rings. The van der Waals surface area contributed by atoms with Gasteiger partial charge in [0, 0.05) is 19.0 Å². The third kappa shape index (κ3) is 4.22. The molecule has 1 aliphatic carbocycles. The van der Waals surface area contributed by atoms with Gasteiger partial charge in [-0.3, -0.25) is 4.79 Å². The molecule has 1 aromatic rings. The summed E-state index contributed by atoms with van der Waals surface area (Å²) >= 11 is 0. The van der Waals surface area contributed by atoms with Crippen molar-refractivity contribution in [3.63, 3.8) is 0 Å². The molecule has 1 heterocycles. The van der Waals surface area contributed by atoms with E-state index in [1.165, 1.54) is 10.6 Å². The number of carbonyl (C=O) groups excluding carboxylic acids is 1. The summed E-state index contributed by atoms with van der Waals surface area (Å²) in [5.74, 6) is -0.109. The van der Waals surface area contributed by atoms with Crippen LogP contribution in [0.5, 0.6) is 0 Å². The zero-order chi connectivity index (χ0) is 18.1. The van der Waals surface area contributed by atoms with Crippen LogP contribution in [0.1, 0.15) is 31.2 Å². The Bertz CT molecular complexity index is 710. The van der Waals surface area contributed by atoms with Crippen LogP contribution in [-0.2, 0) is 20.4 Å². The van der Waals surface area contributed by atoms with Gasteiger partial charge in [0.05, 0.1) is 12.8 Å². The molecule has 138 valence electrons. The van der Waals surface area contributed by atoms with Crippen LogP contribution in [0, 0.1) is 11.8 Å². The van der Waals surface area contributed by atoms with E-state index in [4.69, 9.17) is 0 Å². The average Bonchev–Trinajstić information content (AvgIpc) is 3.45. The van der Waals surface area contributed by atoms with E-state index in [1.54, 1.807) is 0 Å². The Morgan fingerprint density at radius 3 is 2.32 bits per heavy atom. The highest BCUT2D eigenvalue weighted by atomic mass is 32.2. The maximum absolute atomic E-state index is 12.5. The van der Waals surface area contributed by atoms with E-state index >= 15 is 0 Å². The van der Waals surface area contributed by atoms with E-state index in [0.29, 0.717) is 25.9 Å². The number of hydrogen-bond donors (Lipinski definition) is 2. The van der Waals surface area contributed by atoms with Gasteiger partial charge in [0.2, 0.25) is 15.9 Å². The molecule has 0 bridgehead atoms. The average molecular weight is 366 g/mol. The quantitative estimate of drug-likeness (QED) is 0.789. The highest BCUT2D eigenvalue weighted by molar-refractivity contribution is 7.88. The van der Waals surface area contributed by atoms with Crippen LogP contribution in [0.15, 0.2) is 30.3 Å². The first-order valence-electron chi connectivity index (χ1n) is 8.81. The molecule has 3 rings (SSSR count). The van der Waals surface area contributed by atoms with Gasteiger partial charge in [-0.05, 0) is 37.2 Å². The zero-order valence-corrected chi connectivity index (χ0v) is 15.3. The summed E-state index contributed by atoms with van der Waals surface area (Å²) in [5.41, 5.74) is -0.186. The molecule has 0 radical (unpaired) electrons. The number of rotatable bonds is 6. The molecule has 2 aliphatic rings. The largest absolute Gasteiger partial charge is 0.383 e. The normalized spacial score (nSPS) is 22.3. The highest BCUT2D eigenvalue weighted by Crippen LogP contribution is 2.45. The minimum Gasteiger partial charge on any atom is -0.383 e. The smallest absolute Gasteiger partial charge is 0.223 e. The minimum absolute atomic E-state index is 0.0943. The van der Waals surface area contributed by atoms with Crippen LogP contribution in [0.3, 0.4) is 0 Å². The van der Waals surface area contributed by atoms with Crippen LogP contribution in [0.25, 0.3) is 0 Å². The lowest BCUT2D eigenvalue weighted by Gasteiger charge is -2.32. The lowest BCUT2D eigenvalue weighted by atomic mass is 9.88. The van der Waals surface area contributed by atoms with E-state index < -0.39 is 15.6 Å². The molecule has 25 heavy (non-hydrogen) atoms. The van der Waals surface area contributed by atoms with E-state index in [2.05, 4.69) is 5.32 Å². The second-order valence-corrected chi connectivity index (χ2v) is 9.20. The molecule has 0 aromatic heterocycles. The molecule has 0 unspecified atom stereocenters. The van der Waals surface area contributed by atoms with Crippen molar-refractivity contribution in [2.45, 2.75) is 31.3 Å². The maximum atomic E-state index is 12.5. The van der Waals surface area contributed by atoms with Crippen molar-refractivity contribution in [3.8, 4) is 0 Å². The Labute approximate surface area is 149 Å². The Balaban J connectivity index is 1.58. The van der Waals surface area contributed by atoms with E-state index in [1.807, 2.05) is 30.3 Å². The van der Waals surface area contributed by atoms with Crippen molar-refractivity contribution in [2.75, 3.05) is 25.9 Å². The fraction of sp³-hybridized carbons (Fsp3) is 0.611.